The number of benzene rings is 3. The molecule has 1 fully saturated rings. The van der Waals surface area contributed by atoms with Crippen molar-refractivity contribution in [3.63, 3.8) is 0 Å². The van der Waals surface area contributed by atoms with Crippen molar-refractivity contribution in [1.29, 1.82) is 0 Å². The lowest BCUT2D eigenvalue weighted by atomic mass is 9.96. The first-order valence-electron chi connectivity index (χ1n) is 11.8. The Morgan fingerprint density at radius 2 is 1.66 bits per heavy atom. The quantitative estimate of drug-likeness (QED) is 0.415. The third-order valence-electron chi connectivity index (χ3n) is 6.73. The molecule has 1 saturated carbocycles. The second kappa shape index (κ2) is 10.0. The molecule has 2 aliphatic rings. The van der Waals surface area contributed by atoms with Crippen LogP contribution in [0.2, 0.25) is 5.02 Å². The van der Waals surface area contributed by atoms with Crippen molar-refractivity contribution in [2.24, 2.45) is 0 Å². The molecule has 2 N–H and O–H groups in total. The van der Waals surface area contributed by atoms with Gasteiger partial charge < -0.3 is 19.9 Å². The zero-order valence-corrected chi connectivity index (χ0v) is 19.8. The predicted octanol–water partition coefficient (Wildman–Crippen LogP) is 5.81. The molecule has 0 bridgehead atoms. The average molecular weight is 492 g/mol. The summed E-state index contributed by atoms with van der Waals surface area (Å²) in [4.78, 5) is 24.6. The van der Waals surface area contributed by atoms with Crippen LogP contribution in [-0.4, -0.2) is 35.9 Å². The number of carbonyl (C=O) groups excluding carboxylic acids is 1. The van der Waals surface area contributed by atoms with E-state index in [2.05, 4.69) is 17.4 Å². The van der Waals surface area contributed by atoms with E-state index in [-0.39, 0.29) is 25.0 Å². The first kappa shape index (κ1) is 23.2. The van der Waals surface area contributed by atoms with Crippen LogP contribution in [0.3, 0.4) is 0 Å². The van der Waals surface area contributed by atoms with Crippen molar-refractivity contribution >= 4 is 23.7 Å². The van der Waals surface area contributed by atoms with E-state index in [4.69, 9.17) is 21.1 Å². The van der Waals surface area contributed by atoms with Crippen molar-refractivity contribution in [1.82, 2.24) is 5.32 Å². The number of ether oxygens (including phenoxy) is 2. The number of hydrogen-bond donors (Lipinski definition) is 2. The van der Waals surface area contributed by atoms with Crippen LogP contribution < -0.4 is 10.1 Å². The molecular formula is C28H26ClNO5. The normalized spacial score (nSPS) is 15.5. The summed E-state index contributed by atoms with van der Waals surface area (Å²) in [6, 6.07) is 20.1. The van der Waals surface area contributed by atoms with E-state index in [1.807, 2.05) is 36.4 Å². The summed E-state index contributed by atoms with van der Waals surface area (Å²) in [7, 11) is 0. The molecule has 0 unspecified atom stereocenters. The predicted molar refractivity (Wildman–Crippen MR) is 133 cm³/mol. The SMILES string of the molecule is O=C(N[C@@H](Cc1cc(Cl)ccc1OC1CCC1)C(=O)O)OCC1c2ccccc2-c2ccccc21. The molecule has 5 rings (SSSR count). The van der Waals surface area contributed by atoms with Crippen LogP contribution in [0.5, 0.6) is 5.75 Å². The number of hydrogen-bond acceptors (Lipinski definition) is 4. The lowest BCUT2D eigenvalue weighted by Crippen LogP contribution is -2.43. The Kier molecular flexibility index (Phi) is 6.64. The van der Waals surface area contributed by atoms with Crippen molar-refractivity contribution in [3.05, 3.63) is 88.4 Å². The van der Waals surface area contributed by atoms with E-state index in [0.29, 0.717) is 16.3 Å². The average Bonchev–Trinajstić information content (AvgIpc) is 3.14. The van der Waals surface area contributed by atoms with Crippen LogP contribution in [-0.2, 0) is 16.0 Å². The fourth-order valence-corrected chi connectivity index (χ4v) is 4.89. The number of amides is 1. The molecule has 1 atom stereocenters. The number of alkyl carbamates (subject to hydrolysis) is 1. The number of carboxylic acid groups (broad SMARTS) is 1. The summed E-state index contributed by atoms with van der Waals surface area (Å²) in [5, 5.41) is 12.8. The summed E-state index contributed by atoms with van der Waals surface area (Å²) >= 11 is 6.16. The molecule has 2 aliphatic carbocycles. The maximum atomic E-state index is 12.7. The second-order valence-corrected chi connectivity index (χ2v) is 9.42. The van der Waals surface area contributed by atoms with Gasteiger partial charge in [0.15, 0.2) is 0 Å². The molecule has 35 heavy (non-hydrogen) atoms. The molecule has 0 aromatic heterocycles. The van der Waals surface area contributed by atoms with Crippen molar-refractivity contribution in [2.45, 2.75) is 43.7 Å². The molecule has 180 valence electrons. The molecule has 0 radical (unpaired) electrons. The van der Waals surface area contributed by atoms with E-state index < -0.39 is 18.1 Å². The van der Waals surface area contributed by atoms with Gasteiger partial charge in [-0.15, -0.1) is 0 Å². The lowest BCUT2D eigenvalue weighted by Gasteiger charge is -2.28. The van der Waals surface area contributed by atoms with Crippen molar-refractivity contribution in [2.75, 3.05) is 6.61 Å². The lowest BCUT2D eigenvalue weighted by molar-refractivity contribution is -0.139. The van der Waals surface area contributed by atoms with E-state index in [1.165, 1.54) is 0 Å². The molecular weight excluding hydrogens is 466 g/mol. The number of halogens is 1. The highest BCUT2D eigenvalue weighted by Gasteiger charge is 2.30. The topological polar surface area (TPSA) is 84.9 Å². The first-order valence-corrected chi connectivity index (χ1v) is 12.2. The van der Waals surface area contributed by atoms with Gasteiger partial charge in [0.25, 0.3) is 0 Å². The van der Waals surface area contributed by atoms with Crippen LogP contribution in [0, 0.1) is 0 Å². The van der Waals surface area contributed by atoms with E-state index in [0.717, 1.165) is 41.5 Å². The Morgan fingerprint density at radius 3 is 2.26 bits per heavy atom. The van der Waals surface area contributed by atoms with Gasteiger partial charge in [0.2, 0.25) is 0 Å². The number of carbonyl (C=O) groups is 2. The number of rotatable bonds is 8. The van der Waals surface area contributed by atoms with Crippen molar-refractivity contribution < 1.29 is 24.2 Å². The Labute approximate surface area is 208 Å². The molecule has 3 aromatic rings. The molecule has 0 spiro atoms. The van der Waals surface area contributed by atoms with Gasteiger partial charge in [-0.3, -0.25) is 0 Å². The maximum Gasteiger partial charge on any atom is 0.407 e. The molecule has 6 nitrogen and oxygen atoms in total. The largest absolute Gasteiger partial charge is 0.490 e. The fourth-order valence-electron chi connectivity index (χ4n) is 4.69. The Hall–Kier alpha value is -3.51. The van der Waals surface area contributed by atoms with Gasteiger partial charge in [-0.1, -0.05) is 60.1 Å². The zero-order chi connectivity index (χ0) is 24.4. The van der Waals surface area contributed by atoms with Crippen LogP contribution in [0.15, 0.2) is 66.7 Å². The Morgan fingerprint density at radius 1 is 1.00 bits per heavy atom. The molecule has 0 heterocycles. The number of nitrogens with one attached hydrogen (secondary N) is 1. The number of carboxylic acids is 1. The zero-order valence-electron chi connectivity index (χ0n) is 19.1. The van der Waals surface area contributed by atoms with E-state index >= 15 is 0 Å². The Bertz CT molecular complexity index is 1210. The highest BCUT2D eigenvalue weighted by atomic mass is 35.5. The molecule has 1 amide bonds. The van der Waals surface area contributed by atoms with Crippen molar-refractivity contribution in [3.8, 4) is 16.9 Å². The minimum atomic E-state index is -1.19. The first-order chi connectivity index (χ1) is 17.0. The minimum absolute atomic E-state index is 0.0299. The Balaban J connectivity index is 1.26. The van der Waals surface area contributed by atoms with Gasteiger partial charge in [-0.25, -0.2) is 9.59 Å². The van der Waals surface area contributed by atoms with Crippen LogP contribution in [0.4, 0.5) is 4.79 Å². The minimum Gasteiger partial charge on any atom is -0.490 e. The summed E-state index contributed by atoms with van der Waals surface area (Å²) in [5.74, 6) is -0.667. The van der Waals surface area contributed by atoms with Gasteiger partial charge in [0, 0.05) is 17.4 Å². The third kappa shape index (κ3) is 4.98. The van der Waals surface area contributed by atoms with Crippen LogP contribution >= 0.6 is 11.6 Å². The van der Waals surface area contributed by atoms with Gasteiger partial charge in [-0.05, 0) is 65.3 Å². The summed E-state index contributed by atoms with van der Waals surface area (Å²) in [6.45, 7) is 0.111. The van der Waals surface area contributed by atoms with Gasteiger partial charge in [0.1, 0.15) is 18.4 Å². The fraction of sp³-hybridized carbons (Fsp3) is 0.286. The van der Waals surface area contributed by atoms with Crippen LogP contribution in [0.1, 0.15) is 41.9 Å². The summed E-state index contributed by atoms with van der Waals surface area (Å²) in [5.41, 5.74) is 5.07. The monoisotopic (exact) mass is 491 g/mol. The summed E-state index contributed by atoms with van der Waals surface area (Å²) < 4.78 is 11.5. The second-order valence-electron chi connectivity index (χ2n) is 8.99. The van der Waals surface area contributed by atoms with E-state index in [9.17, 15) is 14.7 Å². The van der Waals surface area contributed by atoms with Gasteiger partial charge in [-0.2, -0.15) is 0 Å². The maximum absolute atomic E-state index is 12.7. The van der Waals surface area contributed by atoms with E-state index in [1.54, 1.807) is 18.2 Å². The number of fused-ring (bicyclic) bond motifs is 3. The molecule has 0 saturated heterocycles. The molecule has 0 aliphatic heterocycles. The highest BCUT2D eigenvalue weighted by molar-refractivity contribution is 6.30. The molecule has 7 heteroatoms. The van der Waals surface area contributed by atoms with Gasteiger partial charge >= 0.3 is 12.1 Å². The highest BCUT2D eigenvalue weighted by Crippen LogP contribution is 2.44. The smallest absolute Gasteiger partial charge is 0.407 e. The standard InChI is InChI=1S/C28H26ClNO5/c29-18-12-13-26(35-19-6-5-7-19)17(14-18)15-25(27(31)32)30-28(33)34-16-24-22-10-3-1-8-20(22)21-9-2-4-11-23(21)24/h1-4,8-14,19,24-25H,5-7,15-16H2,(H,30,33)(H,31,32)/t25-/m0/s1. The summed E-state index contributed by atoms with van der Waals surface area (Å²) in [6.07, 6.45) is 2.46. The van der Waals surface area contributed by atoms with Crippen LogP contribution in [0.25, 0.3) is 11.1 Å². The number of aliphatic carboxylic acids is 1. The third-order valence-corrected chi connectivity index (χ3v) is 6.96. The van der Waals surface area contributed by atoms with Gasteiger partial charge in [0.05, 0.1) is 6.10 Å². The molecule has 3 aromatic carbocycles.